The lowest BCUT2D eigenvalue weighted by Gasteiger charge is -2.27. The van der Waals surface area contributed by atoms with Crippen LogP contribution in [0, 0.1) is 12.8 Å². The van der Waals surface area contributed by atoms with Crippen LogP contribution in [0.5, 0.6) is 0 Å². The third-order valence-electron chi connectivity index (χ3n) is 4.96. The van der Waals surface area contributed by atoms with E-state index < -0.39 is 17.6 Å². The van der Waals surface area contributed by atoms with Crippen LogP contribution < -0.4 is 11.5 Å². The van der Waals surface area contributed by atoms with E-state index in [0.717, 1.165) is 11.3 Å². The molecule has 27 heavy (non-hydrogen) atoms. The number of amides is 1. The van der Waals surface area contributed by atoms with Gasteiger partial charge in [-0.1, -0.05) is 19.1 Å². The predicted molar refractivity (Wildman–Crippen MR) is 104 cm³/mol. The largest absolute Gasteiger partial charge is 0.388 e. The first-order valence-electron chi connectivity index (χ1n) is 8.73. The standard InChI is InChI=1S/C19H25N5O3/c1-8-6-7-11(25)9(2)14(8)24-16(20)12(17(21)26)13-18(24)22-10(3)15(23-13)19(4,5)27/h6-7,9,11,25,27H,20H2,1-5H3,(H2,21,26). The number of nitrogens with two attached hydrogens (primary N) is 2. The number of hydrogen-bond donors (Lipinski definition) is 4. The van der Waals surface area contributed by atoms with Crippen LogP contribution in [0.2, 0.25) is 0 Å². The summed E-state index contributed by atoms with van der Waals surface area (Å²) in [6.45, 7) is 8.69. The number of carbonyl (C=O) groups excluding carboxylic acids is 1. The number of hydrogen-bond acceptors (Lipinski definition) is 6. The lowest BCUT2D eigenvalue weighted by atomic mass is 9.91. The molecule has 0 bridgehead atoms. The first-order chi connectivity index (χ1) is 12.4. The van der Waals surface area contributed by atoms with Crippen LogP contribution in [0.1, 0.15) is 49.4 Å². The van der Waals surface area contributed by atoms with Gasteiger partial charge in [-0.2, -0.15) is 0 Å². The molecular weight excluding hydrogens is 346 g/mol. The number of allylic oxidation sites excluding steroid dienone is 2. The predicted octanol–water partition coefficient (Wildman–Crippen LogP) is 1.45. The van der Waals surface area contributed by atoms with Gasteiger partial charge in [-0.3, -0.25) is 9.36 Å². The van der Waals surface area contributed by atoms with Crippen molar-refractivity contribution >= 4 is 28.6 Å². The second-order valence-corrected chi connectivity index (χ2v) is 7.56. The summed E-state index contributed by atoms with van der Waals surface area (Å²) < 4.78 is 1.64. The Hall–Kier alpha value is -2.71. The van der Waals surface area contributed by atoms with Crippen molar-refractivity contribution in [1.29, 1.82) is 0 Å². The van der Waals surface area contributed by atoms with Crippen LogP contribution in [-0.4, -0.2) is 36.8 Å². The average Bonchev–Trinajstić information content (AvgIpc) is 2.82. The first-order valence-corrected chi connectivity index (χ1v) is 8.73. The highest BCUT2D eigenvalue weighted by Gasteiger charge is 2.32. The number of aliphatic hydroxyl groups is 2. The summed E-state index contributed by atoms with van der Waals surface area (Å²) in [6.07, 6.45) is 2.83. The Morgan fingerprint density at radius 1 is 1.30 bits per heavy atom. The Bertz CT molecular complexity index is 1010. The maximum Gasteiger partial charge on any atom is 0.254 e. The van der Waals surface area contributed by atoms with Crippen LogP contribution in [0.4, 0.5) is 5.82 Å². The van der Waals surface area contributed by atoms with E-state index in [1.807, 2.05) is 13.8 Å². The highest BCUT2D eigenvalue weighted by atomic mass is 16.3. The Kier molecular flexibility index (Phi) is 4.36. The lowest BCUT2D eigenvalue weighted by molar-refractivity contribution is 0.0729. The van der Waals surface area contributed by atoms with Gasteiger partial charge in [0.2, 0.25) is 0 Å². The molecule has 1 amide bonds. The van der Waals surface area contributed by atoms with Crippen molar-refractivity contribution < 1.29 is 15.0 Å². The van der Waals surface area contributed by atoms with Crippen LogP contribution in [0.15, 0.2) is 17.7 Å². The monoisotopic (exact) mass is 371 g/mol. The highest BCUT2D eigenvalue weighted by Crippen LogP contribution is 2.37. The Labute approximate surface area is 157 Å². The summed E-state index contributed by atoms with van der Waals surface area (Å²) in [6, 6.07) is 0. The molecule has 144 valence electrons. The Morgan fingerprint density at radius 3 is 2.48 bits per heavy atom. The maximum absolute atomic E-state index is 12.1. The molecule has 0 aliphatic heterocycles. The van der Waals surface area contributed by atoms with E-state index in [0.29, 0.717) is 17.0 Å². The first kappa shape index (κ1) is 19.1. The molecule has 2 aromatic rings. The Balaban J connectivity index is 2.45. The lowest BCUT2D eigenvalue weighted by Crippen LogP contribution is -2.24. The topological polar surface area (TPSA) is 140 Å². The minimum Gasteiger partial charge on any atom is -0.388 e. The van der Waals surface area contributed by atoms with E-state index in [2.05, 4.69) is 9.97 Å². The number of aromatic nitrogens is 3. The second kappa shape index (κ2) is 6.17. The molecule has 1 aliphatic carbocycles. The van der Waals surface area contributed by atoms with Crippen molar-refractivity contribution in [2.24, 2.45) is 11.7 Å². The molecule has 2 atom stereocenters. The van der Waals surface area contributed by atoms with E-state index in [9.17, 15) is 15.0 Å². The average molecular weight is 371 g/mol. The SMILES string of the molecule is CC1=C(n2c(N)c(C(N)=O)c3nc(C(C)(C)O)c(C)nc32)C(C)C(O)C=C1. The molecular formula is C19H25N5O3. The molecule has 6 N–H and O–H groups in total. The highest BCUT2D eigenvalue weighted by molar-refractivity contribution is 6.10. The van der Waals surface area contributed by atoms with Crippen molar-refractivity contribution in [2.45, 2.75) is 46.3 Å². The number of rotatable bonds is 3. The minimum absolute atomic E-state index is 0.0551. The molecule has 8 heteroatoms. The number of aryl methyl sites for hydroxylation is 1. The fourth-order valence-corrected chi connectivity index (χ4v) is 3.64. The normalized spacial score (nSPS) is 20.6. The number of carbonyl (C=O) groups is 1. The van der Waals surface area contributed by atoms with E-state index in [1.165, 1.54) is 0 Å². The van der Waals surface area contributed by atoms with E-state index >= 15 is 0 Å². The molecule has 2 aromatic heterocycles. The summed E-state index contributed by atoms with van der Waals surface area (Å²) in [5, 5.41) is 20.7. The number of primary amides is 1. The minimum atomic E-state index is -1.25. The molecule has 0 aromatic carbocycles. The number of nitrogens with zero attached hydrogens (tertiary/aromatic N) is 3. The molecule has 0 radical (unpaired) electrons. The van der Waals surface area contributed by atoms with Gasteiger partial charge in [-0.25, -0.2) is 9.97 Å². The molecule has 8 nitrogen and oxygen atoms in total. The molecule has 0 spiro atoms. The van der Waals surface area contributed by atoms with Gasteiger partial charge in [-0.15, -0.1) is 0 Å². The zero-order chi connectivity index (χ0) is 20.3. The number of nitrogen functional groups attached to an aromatic ring is 1. The van der Waals surface area contributed by atoms with Gasteiger partial charge in [0.15, 0.2) is 5.65 Å². The van der Waals surface area contributed by atoms with Gasteiger partial charge in [0.05, 0.1) is 17.5 Å². The van der Waals surface area contributed by atoms with Crippen molar-refractivity contribution in [3.05, 3.63) is 34.7 Å². The fourth-order valence-electron chi connectivity index (χ4n) is 3.64. The van der Waals surface area contributed by atoms with E-state index in [-0.39, 0.29) is 22.8 Å². The van der Waals surface area contributed by atoms with Crippen molar-refractivity contribution in [1.82, 2.24) is 14.5 Å². The zero-order valence-electron chi connectivity index (χ0n) is 16.1. The second-order valence-electron chi connectivity index (χ2n) is 7.56. The van der Waals surface area contributed by atoms with Gasteiger partial charge >= 0.3 is 0 Å². The zero-order valence-corrected chi connectivity index (χ0v) is 16.1. The molecule has 3 rings (SSSR count). The molecule has 0 saturated carbocycles. The number of fused-ring (bicyclic) bond motifs is 1. The third-order valence-corrected chi connectivity index (χ3v) is 4.96. The molecule has 1 aliphatic rings. The fraction of sp³-hybridized carbons (Fsp3) is 0.421. The van der Waals surface area contributed by atoms with Crippen LogP contribution in [-0.2, 0) is 5.60 Å². The molecule has 2 unspecified atom stereocenters. The molecule has 0 fully saturated rings. The van der Waals surface area contributed by atoms with E-state index in [4.69, 9.17) is 11.5 Å². The summed E-state index contributed by atoms with van der Waals surface area (Å²) in [7, 11) is 0. The van der Waals surface area contributed by atoms with Crippen LogP contribution >= 0.6 is 0 Å². The maximum atomic E-state index is 12.1. The summed E-state index contributed by atoms with van der Waals surface area (Å²) in [4.78, 5) is 21.2. The van der Waals surface area contributed by atoms with Crippen molar-refractivity contribution in [3.8, 4) is 0 Å². The van der Waals surface area contributed by atoms with Gasteiger partial charge in [-0.05, 0) is 33.3 Å². The van der Waals surface area contributed by atoms with Gasteiger partial charge in [0.1, 0.15) is 22.5 Å². The summed E-state index contributed by atoms with van der Waals surface area (Å²) in [5.74, 6) is -0.882. The smallest absolute Gasteiger partial charge is 0.254 e. The van der Waals surface area contributed by atoms with Crippen molar-refractivity contribution in [3.63, 3.8) is 0 Å². The molecule has 0 saturated heterocycles. The third kappa shape index (κ3) is 2.90. The van der Waals surface area contributed by atoms with Gasteiger partial charge in [0, 0.05) is 11.6 Å². The summed E-state index contributed by atoms with van der Waals surface area (Å²) in [5.41, 5.74) is 13.8. The van der Waals surface area contributed by atoms with Gasteiger partial charge < -0.3 is 21.7 Å². The van der Waals surface area contributed by atoms with Crippen LogP contribution in [0.25, 0.3) is 16.9 Å². The van der Waals surface area contributed by atoms with Crippen molar-refractivity contribution in [2.75, 3.05) is 5.73 Å². The van der Waals surface area contributed by atoms with Gasteiger partial charge in [0.25, 0.3) is 5.91 Å². The van der Waals surface area contributed by atoms with E-state index in [1.54, 1.807) is 37.5 Å². The number of anilines is 1. The number of aliphatic hydroxyl groups excluding tert-OH is 1. The van der Waals surface area contributed by atoms with Crippen LogP contribution in [0.3, 0.4) is 0 Å². The Morgan fingerprint density at radius 2 is 1.93 bits per heavy atom. The quantitative estimate of drug-likeness (QED) is 0.643. The summed E-state index contributed by atoms with van der Waals surface area (Å²) >= 11 is 0. The molecule has 2 heterocycles.